The Labute approximate surface area is 303 Å². The SMILES string of the molecule is CC(C)(C)c1cc(-c2ccccn2)[c-]c(-c2cc(C(C)(C)C)cc3c2nc(-c2cc(-c4ccccc4)ccc2O)n3-c2ccccc2)c1.[Pt]. The predicted octanol–water partition coefficient (Wildman–Crippen LogP) is 11.2. The summed E-state index contributed by atoms with van der Waals surface area (Å²) in [6.07, 6.45) is 1.83. The number of pyridine rings is 1. The van der Waals surface area contributed by atoms with Crippen molar-refractivity contribution in [3.8, 4) is 56.3 Å². The van der Waals surface area contributed by atoms with Crippen LogP contribution < -0.4 is 0 Å². The first kappa shape index (κ1) is 34.1. The van der Waals surface area contributed by atoms with E-state index in [0.717, 1.165) is 50.2 Å². The number of aromatic nitrogens is 3. The summed E-state index contributed by atoms with van der Waals surface area (Å²) in [6, 6.07) is 45.0. The molecule has 5 aromatic carbocycles. The molecule has 0 fully saturated rings. The number of phenolic OH excluding ortho intramolecular Hbond substituents is 1. The van der Waals surface area contributed by atoms with Crippen molar-refractivity contribution in [3.05, 3.63) is 145 Å². The third kappa shape index (κ3) is 6.76. The Bertz CT molecular complexity index is 2240. The van der Waals surface area contributed by atoms with Crippen molar-refractivity contribution in [2.24, 2.45) is 0 Å². The number of hydrogen-bond donors (Lipinski definition) is 1. The molecule has 2 aromatic heterocycles. The van der Waals surface area contributed by atoms with Crippen LogP contribution in [0.3, 0.4) is 0 Å². The van der Waals surface area contributed by atoms with Crippen LogP contribution in [0.2, 0.25) is 0 Å². The van der Waals surface area contributed by atoms with Crippen LogP contribution >= 0.6 is 0 Å². The number of rotatable bonds is 5. The summed E-state index contributed by atoms with van der Waals surface area (Å²) in [7, 11) is 0. The number of hydrogen-bond acceptors (Lipinski definition) is 3. The van der Waals surface area contributed by atoms with Crippen molar-refractivity contribution in [2.45, 2.75) is 52.4 Å². The van der Waals surface area contributed by atoms with Gasteiger partial charge in [0, 0.05) is 38.6 Å². The van der Waals surface area contributed by atoms with Gasteiger partial charge in [-0.3, -0.25) is 9.55 Å². The number of nitrogens with zero attached hydrogens (tertiary/aromatic N) is 3. The molecule has 4 nitrogen and oxygen atoms in total. The average Bonchev–Trinajstić information content (AvgIpc) is 3.48. The van der Waals surface area contributed by atoms with Crippen LogP contribution in [0, 0.1) is 6.07 Å². The molecule has 0 saturated heterocycles. The Morgan fingerprint density at radius 3 is 1.90 bits per heavy atom. The van der Waals surface area contributed by atoms with Crippen molar-refractivity contribution in [2.75, 3.05) is 0 Å². The molecule has 7 rings (SSSR count). The fourth-order valence-electron chi connectivity index (χ4n) is 6.17. The van der Waals surface area contributed by atoms with Gasteiger partial charge in [-0.15, -0.1) is 29.3 Å². The molecule has 1 N–H and O–H groups in total. The Morgan fingerprint density at radius 1 is 0.612 bits per heavy atom. The quantitative estimate of drug-likeness (QED) is 0.176. The number of imidazole rings is 1. The Kier molecular flexibility index (Phi) is 9.22. The van der Waals surface area contributed by atoms with E-state index in [2.05, 4.69) is 106 Å². The Hall–Kier alpha value is -4.79. The van der Waals surface area contributed by atoms with E-state index in [1.807, 2.05) is 72.9 Å². The molecule has 0 atom stereocenters. The minimum Gasteiger partial charge on any atom is -0.507 e. The molecule has 0 amide bonds. The van der Waals surface area contributed by atoms with E-state index >= 15 is 0 Å². The van der Waals surface area contributed by atoms with Crippen LogP contribution in [0.1, 0.15) is 52.7 Å². The number of fused-ring (bicyclic) bond motifs is 1. The van der Waals surface area contributed by atoms with E-state index < -0.39 is 0 Å². The summed E-state index contributed by atoms with van der Waals surface area (Å²) in [5.74, 6) is 0.856. The van der Waals surface area contributed by atoms with E-state index in [-0.39, 0.29) is 37.6 Å². The second-order valence-electron chi connectivity index (χ2n) is 14.5. The first-order chi connectivity index (χ1) is 23.0. The maximum absolute atomic E-state index is 11.4. The molecule has 248 valence electrons. The van der Waals surface area contributed by atoms with Gasteiger partial charge in [0.15, 0.2) is 0 Å². The standard InChI is InChI=1S/C44H40N3O.Pt/c1-43(2,3)33-24-31(23-32(25-33)38-19-13-14-22-45-38)36-27-34(44(4,5)6)28-39-41(36)46-42(47(39)35-17-11-8-12-18-35)37-26-30(20-21-40(37)48)29-15-9-7-10-16-29;/h7-22,24-28,48H,1-6H3;/q-1;. The van der Waals surface area contributed by atoms with Gasteiger partial charge in [-0.2, -0.15) is 0 Å². The molecular formula is C44H40N3OPt-. The minimum absolute atomic E-state index is 0. The van der Waals surface area contributed by atoms with Gasteiger partial charge in [-0.25, -0.2) is 4.98 Å². The molecule has 0 aliphatic heterocycles. The van der Waals surface area contributed by atoms with E-state index in [1.165, 1.54) is 11.1 Å². The number of aromatic hydroxyl groups is 1. The van der Waals surface area contributed by atoms with Crippen molar-refractivity contribution in [1.29, 1.82) is 0 Å². The van der Waals surface area contributed by atoms with Crippen molar-refractivity contribution >= 4 is 11.0 Å². The van der Waals surface area contributed by atoms with Crippen LogP contribution in [0.15, 0.2) is 128 Å². The summed E-state index contributed by atoms with van der Waals surface area (Å²) in [5, 5.41) is 11.4. The van der Waals surface area contributed by atoms with E-state index in [9.17, 15) is 5.11 Å². The third-order valence-corrected chi connectivity index (χ3v) is 8.95. The summed E-state index contributed by atoms with van der Waals surface area (Å²) in [4.78, 5) is 10.1. The van der Waals surface area contributed by atoms with Crippen LogP contribution in [-0.4, -0.2) is 19.6 Å². The van der Waals surface area contributed by atoms with Gasteiger partial charge in [-0.1, -0.05) is 125 Å². The summed E-state index contributed by atoms with van der Waals surface area (Å²) >= 11 is 0. The number of phenols is 1. The summed E-state index contributed by atoms with van der Waals surface area (Å²) in [6.45, 7) is 13.4. The van der Waals surface area contributed by atoms with E-state index in [4.69, 9.17) is 4.98 Å². The first-order valence-electron chi connectivity index (χ1n) is 16.5. The van der Waals surface area contributed by atoms with Gasteiger partial charge in [0.25, 0.3) is 0 Å². The maximum atomic E-state index is 11.4. The van der Waals surface area contributed by atoms with E-state index in [0.29, 0.717) is 11.4 Å². The molecule has 0 radical (unpaired) electrons. The second kappa shape index (κ2) is 13.3. The molecule has 0 saturated carbocycles. The molecule has 0 unspecified atom stereocenters. The zero-order chi connectivity index (χ0) is 33.6. The monoisotopic (exact) mass is 821 g/mol. The first-order valence-corrected chi connectivity index (χ1v) is 16.5. The molecule has 0 aliphatic carbocycles. The summed E-state index contributed by atoms with van der Waals surface area (Å²) < 4.78 is 2.19. The maximum Gasteiger partial charge on any atom is 0.148 e. The topological polar surface area (TPSA) is 50.9 Å². The van der Waals surface area contributed by atoms with Crippen LogP contribution in [0.4, 0.5) is 0 Å². The molecule has 0 aliphatic rings. The fraction of sp³-hybridized carbons (Fsp3) is 0.182. The van der Waals surface area contributed by atoms with Crippen LogP contribution in [0.5, 0.6) is 5.75 Å². The number of para-hydroxylation sites is 1. The van der Waals surface area contributed by atoms with Crippen LogP contribution in [0.25, 0.3) is 61.6 Å². The predicted molar refractivity (Wildman–Crippen MR) is 199 cm³/mol. The second-order valence-corrected chi connectivity index (χ2v) is 14.5. The zero-order valence-electron chi connectivity index (χ0n) is 28.7. The zero-order valence-corrected chi connectivity index (χ0v) is 31.0. The van der Waals surface area contributed by atoms with Gasteiger partial charge in [0.05, 0.1) is 16.6 Å². The normalized spacial score (nSPS) is 11.8. The summed E-state index contributed by atoms with van der Waals surface area (Å²) in [5.41, 5.74) is 11.5. The molecule has 0 bridgehead atoms. The van der Waals surface area contributed by atoms with Gasteiger partial charge in [-0.05, 0) is 63.9 Å². The van der Waals surface area contributed by atoms with Crippen LogP contribution in [-0.2, 0) is 31.9 Å². The Morgan fingerprint density at radius 2 is 1.24 bits per heavy atom. The molecule has 49 heavy (non-hydrogen) atoms. The van der Waals surface area contributed by atoms with Crippen molar-refractivity contribution < 1.29 is 26.2 Å². The van der Waals surface area contributed by atoms with Gasteiger partial charge in [0.2, 0.25) is 0 Å². The average molecular weight is 822 g/mol. The van der Waals surface area contributed by atoms with Gasteiger partial charge in [0.1, 0.15) is 11.6 Å². The van der Waals surface area contributed by atoms with Gasteiger partial charge >= 0.3 is 0 Å². The third-order valence-electron chi connectivity index (χ3n) is 8.95. The van der Waals surface area contributed by atoms with Gasteiger partial charge < -0.3 is 5.11 Å². The Balaban J connectivity index is 0.00000417. The largest absolute Gasteiger partial charge is 0.507 e. The smallest absolute Gasteiger partial charge is 0.148 e. The fourth-order valence-corrected chi connectivity index (χ4v) is 6.17. The molecule has 0 spiro atoms. The van der Waals surface area contributed by atoms with Crippen molar-refractivity contribution in [1.82, 2.24) is 14.5 Å². The molecule has 2 heterocycles. The molecule has 7 aromatic rings. The minimum atomic E-state index is -0.143. The molecular weight excluding hydrogens is 782 g/mol. The molecule has 5 heteroatoms. The van der Waals surface area contributed by atoms with E-state index in [1.54, 1.807) is 6.07 Å². The number of benzene rings is 5. The van der Waals surface area contributed by atoms with Crippen molar-refractivity contribution in [3.63, 3.8) is 0 Å².